The first-order valence-corrected chi connectivity index (χ1v) is 10.3. The molecule has 0 fully saturated rings. The Bertz CT molecular complexity index is 1150. The summed E-state index contributed by atoms with van der Waals surface area (Å²) in [5, 5.41) is 7.07. The summed E-state index contributed by atoms with van der Waals surface area (Å²) >= 11 is 0. The van der Waals surface area contributed by atoms with Crippen LogP contribution in [0.25, 0.3) is 0 Å². The first-order valence-electron chi connectivity index (χ1n) is 10.3. The minimum atomic E-state index is -0.249. The van der Waals surface area contributed by atoms with Crippen molar-refractivity contribution in [3.63, 3.8) is 0 Å². The summed E-state index contributed by atoms with van der Waals surface area (Å²) in [4.78, 5) is 13.4. The van der Waals surface area contributed by atoms with E-state index in [4.69, 9.17) is 0 Å². The Kier molecular flexibility index (Phi) is 4.62. The second-order valence-electron chi connectivity index (χ2n) is 8.10. The predicted molar refractivity (Wildman–Crippen MR) is 118 cm³/mol. The molecule has 0 saturated carbocycles. The van der Waals surface area contributed by atoms with Gasteiger partial charge in [-0.2, -0.15) is 0 Å². The number of Topliss-reactive ketones (excluding diaryl/α,β-unsaturated/α-hetero) is 1. The Morgan fingerprint density at radius 2 is 1.57 bits per heavy atom. The number of benzene rings is 3. The lowest BCUT2D eigenvalue weighted by atomic mass is 9.78. The van der Waals surface area contributed by atoms with Crippen LogP contribution in [-0.4, -0.2) is 5.78 Å². The number of allylic oxidation sites excluding steroid dienone is 1. The van der Waals surface area contributed by atoms with Gasteiger partial charge in [-0.05, 0) is 48.6 Å². The predicted octanol–water partition coefficient (Wildman–Crippen LogP) is 6.11. The summed E-state index contributed by atoms with van der Waals surface area (Å²) in [5.41, 5.74) is 6.34. The molecule has 1 heterocycles. The van der Waals surface area contributed by atoms with Crippen LogP contribution in [0.5, 0.6) is 0 Å². The average Bonchev–Trinajstić information content (AvgIpc) is 2.91. The van der Waals surface area contributed by atoms with Crippen molar-refractivity contribution in [3.05, 3.63) is 107 Å². The molecule has 3 aromatic carbocycles. The number of rotatable bonds is 2. The number of fused-ring (bicyclic) bond motifs is 1. The smallest absolute Gasteiger partial charge is 0.163 e. The standard InChI is InChI=1S/C26H23FN2O/c1-16-10-12-17(13-11-16)26-25-23(28-21-8-4-5-9-22(21)29-26)14-18(15-24(25)30)19-6-2-3-7-20(19)27/h2-13,18,26,28-29H,14-15H2,1H3/t18-,26+/m0/s1. The van der Waals surface area contributed by atoms with E-state index in [1.54, 1.807) is 12.1 Å². The molecule has 1 aliphatic heterocycles. The van der Waals surface area contributed by atoms with Gasteiger partial charge in [0.05, 0.1) is 17.4 Å². The number of carbonyl (C=O) groups excluding carboxylic acids is 1. The van der Waals surface area contributed by atoms with Crippen LogP contribution in [0.2, 0.25) is 0 Å². The number of hydrogen-bond donors (Lipinski definition) is 2. The van der Waals surface area contributed by atoms with E-state index in [0.717, 1.165) is 28.2 Å². The maximum atomic E-state index is 14.5. The quantitative estimate of drug-likeness (QED) is 0.547. The van der Waals surface area contributed by atoms with Crippen LogP contribution in [0.4, 0.5) is 15.8 Å². The van der Waals surface area contributed by atoms with Crippen LogP contribution >= 0.6 is 0 Å². The topological polar surface area (TPSA) is 41.1 Å². The van der Waals surface area contributed by atoms with E-state index in [0.29, 0.717) is 18.4 Å². The zero-order valence-corrected chi connectivity index (χ0v) is 16.8. The van der Waals surface area contributed by atoms with E-state index in [2.05, 4.69) is 41.8 Å². The lowest BCUT2D eigenvalue weighted by Gasteiger charge is -2.30. The van der Waals surface area contributed by atoms with Crippen molar-refractivity contribution in [3.8, 4) is 0 Å². The molecule has 4 heteroatoms. The third-order valence-electron chi connectivity index (χ3n) is 6.06. The van der Waals surface area contributed by atoms with Crippen molar-refractivity contribution in [1.29, 1.82) is 0 Å². The zero-order valence-electron chi connectivity index (χ0n) is 16.8. The van der Waals surface area contributed by atoms with Gasteiger partial charge in [-0.1, -0.05) is 60.2 Å². The molecule has 1 aliphatic carbocycles. The van der Waals surface area contributed by atoms with Gasteiger partial charge < -0.3 is 10.6 Å². The molecule has 3 nitrogen and oxygen atoms in total. The molecule has 2 N–H and O–H groups in total. The SMILES string of the molecule is Cc1ccc([C@H]2Nc3ccccc3NC3=C2C(=O)C[C@@H](c2ccccc2F)C3)cc1. The summed E-state index contributed by atoms with van der Waals surface area (Å²) < 4.78 is 14.5. The highest BCUT2D eigenvalue weighted by Gasteiger charge is 2.36. The molecular weight excluding hydrogens is 375 g/mol. The van der Waals surface area contributed by atoms with E-state index < -0.39 is 0 Å². The number of hydrogen-bond acceptors (Lipinski definition) is 3. The van der Waals surface area contributed by atoms with E-state index in [1.165, 1.54) is 11.6 Å². The first kappa shape index (κ1) is 18.6. The number of ketones is 1. The van der Waals surface area contributed by atoms with Gasteiger partial charge >= 0.3 is 0 Å². The summed E-state index contributed by atoms with van der Waals surface area (Å²) in [7, 11) is 0. The van der Waals surface area contributed by atoms with Crippen LogP contribution < -0.4 is 10.6 Å². The van der Waals surface area contributed by atoms with Crippen molar-refractivity contribution in [2.75, 3.05) is 10.6 Å². The summed E-state index contributed by atoms with van der Waals surface area (Å²) in [6.45, 7) is 2.05. The van der Waals surface area contributed by atoms with Gasteiger partial charge in [-0.25, -0.2) is 4.39 Å². The summed E-state index contributed by atoms with van der Waals surface area (Å²) in [6.07, 6.45) is 0.905. The van der Waals surface area contributed by atoms with Crippen molar-refractivity contribution in [2.24, 2.45) is 0 Å². The normalized spacial score (nSPS) is 20.5. The Balaban J connectivity index is 1.62. The maximum absolute atomic E-state index is 14.5. The lowest BCUT2D eigenvalue weighted by Crippen LogP contribution is -2.27. The fourth-order valence-corrected chi connectivity index (χ4v) is 4.53. The minimum Gasteiger partial charge on any atom is -0.372 e. The van der Waals surface area contributed by atoms with Gasteiger partial charge in [-0.15, -0.1) is 0 Å². The van der Waals surface area contributed by atoms with E-state index in [1.807, 2.05) is 30.3 Å². The molecule has 5 rings (SSSR count). The molecule has 0 saturated heterocycles. The van der Waals surface area contributed by atoms with Gasteiger partial charge in [0.2, 0.25) is 0 Å². The molecule has 0 radical (unpaired) electrons. The Morgan fingerprint density at radius 3 is 2.33 bits per heavy atom. The van der Waals surface area contributed by atoms with Gasteiger partial charge in [0.15, 0.2) is 5.78 Å². The number of anilines is 2. The number of halogens is 1. The fraction of sp³-hybridized carbons (Fsp3) is 0.192. The molecule has 0 amide bonds. The molecule has 30 heavy (non-hydrogen) atoms. The van der Waals surface area contributed by atoms with Gasteiger partial charge in [-0.3, -0.25) is 4.79 Å². The van der Waals surface area contributed by atoms with Crippen molar-refractivity contribution < 1.29 is 9.18 Å². The highest BCUT2D eigenvalue weighted by molar-refractivity contribution is 6.01. The first-order chi connectivity index (χ1) is 14.6. The average molecular weight is 398 g/mol. The highest BCUT2D eigenvalue weighted by atomic mass is 19.1. The minimum absolute atomic E-state index is 0.0582. The third-order valence-corrected chi connectivity index (χ3v) is 6.06. The summed E-state index contributed by atoms with van der Waals surface area (Å²) in [6, 6.07) is 22.8. The molecule has 0 unspecified atom stereocenters. The fourth-order valence-electron chi connectivity index (χ4n) is 4.53. The van der Waals surface area contributed by atoms with E-state index in [9.17, 15) is 9.18 Å². The zero-order chi connectivity index (χ0) is 20.7. The number of nitrogens with one attached hydrogen (secondary N) is 2. The Labute approximate surface area is 175 Å². The number of carbonyl (C=O) groups is 1. The summed E-state index contributed by atoms with van der Waals surface area (Å²) in [5.74, 6) is -0.363. The maximum Gasteiger partial charge on any atom is 0.163 e. The second kappa shape index (κ2) is 7.45. The van der Waals surface area contributed by atoms with Crippen LogP contribution in [0.3, 0.4) is 0 Å². The van der Waals surface area contributed by atoms with Crippen molar-refractivity contribution in [1.82, 2.24) is 0 Å². The van der Waals surface area contributed by atoms with Crippen LogP contribution in [0, 0.1) is 12.7 Å². The molecular formula is C26H23FN2O. The molecule has 2 atom stereocenters. The van der Waals surface area contributed by atoms with Crippen molar-refractivity contribution in [2.45, 2.75) is 31.7 Å². The van der Waals surface area contributed by atoms with Gasteiger partial charge in [0.25, 0.3) is 0 Å². The largest absolute Gasteiger partial charge is 0.372 e. The van der Waals surface area contributed by atoms with Gasteiger partial charge in [0, 0.05) is 17.7 Å². The molecule has 150 valence electrons. The van der Waals surface area contributed by atoms with Gasteiger partial charge in [0.1, 0.15) is 5.82 Å². The number of para-hydroxylation sites is 2. The van der Waals surface area contributed by atoms with Crippen LogP contribution in [-0.2, 0) is 4.79 Å². The third kappa shape index (κ3) is 3.28. The van der Waals surface area contributed by atoms with E-state index >= 15 is 0 Å². The van der Waals surface area contributed by atoms with Crippen molar-refractivity contribution >= 4 is 17.2 Å². The second-order valence-corrected chi connectivity index (χ2v) is 8.10. The lowest BCUT2D eigenvalue weighted by molar-refractivity contribution is -0.116. The molecule has 0 bridgehead atoms. The number of aryl methyl sites for hydroxylation is 1. The highest BCUT2D eigenvalue weighted by Crippen LogP contribution is 2.44. The van der Waals surface area contributed by atoms with Crippen LogP contribution in [0.1, 0.15) is 41.5 Å². The molecule has 0 spiro atoms. The Hall–Kier alpha value is -3.40. The Morgan fingerprint density at radius 1 is 0.867 bits per heavy atom. The molecule has 0 aromatic heterocycles. The van der Waals surface area contributed by atoms with Crippen LogP contribution in [0.15, 0.2) is 84.1 Å². The molecule has 3 aromatic rings. The molecule has 2 aliphatic rings. The monoisotopic (exact) mass is 398 g/mol. The van der Waals surface area contributed by atoms with E-state index in [-0.39, 0.29) is 23.6 Å².